The first-order chi connectivity index (χ1) is 7.72. The summed E-state index contributed by atoms with van der Waals surface area (Å²) >= 11 is 11.7. The van der Waals surface area contributed by atoms with Gasteiger partial charge in [0.05, 0.1) is 6.20 Å². The number of rotatable bonds is 3. The molecule has 0 saturated heterocycles. The summed E-state index contributed by atoms with van der Waals surface area (Å²) in [6.45, 7) is 1.96. The molecule has 0 aliphatic carbocycles. The number of alkyl halides is 1. The summed E-state index contributed by atoms with van der Waals surface area (Å²) in [6, 6.07) is 5.72. The first-order valence-corrected chi connectivity index (χ1v) is 5.90. The fourth-order valence-electron chi connectivity index (χ4n) is 1.51. The van der Waals surface area contributed by atoms with Crippen LogP contribution in [0.15, 0.2) is 28.8 Å². The van der Waals surface area contributed by atoms with Crippen LogP contribution in [0.3, 0.4) is 0 Å². The molecule has 16 heavy (non-hydrogen) atoms. The quantitative estimate of drug-likeness (QED) is 0.773. The van der Waals surface area contributed by atoms with Gasteiger partial charge in [-0.05, 0) is 18.6 Å². The summed E-state index contributed by atoms with van der Waals surface area (Å²) in [7, 11) is 0. The third kappa shape index (κ3) is 2.23. The van der Waals surface area contributed by atoms with Crippen LogP contribution in [0.4, 0.5) is 0 Å². The number of halogens is 2. The Balaban J connectivity index is 2.39. The molecular weight excluding hydrogens is 245 g/mol. The highest BCUT2D eigenvalue weighted by Gasteiger charge is 2.09. The first kappa shape index (κ1) is 11.5. The number of nitrogens with zero attached hydrogens (tertiary/aromatic N) is 1. The van der Waals surface area contributed by atoms with E-state index in [1.54, 1.807) is 6.20 Å². The molecule has 0 fully saturated rings. The van der Waals surface area contributed by atoms with Gasteiger partial charge in [-0.15, -0.1) is 11.6 Å². The van der Waals surface area contributed by atoms with E-state index in [4.69, 9.17) is 27.6 Å². The highest BCUT2D eigenvalue weighted by Crippen LogP contribution is 2.28. The molecule has 2 nitrogen and oxygen atoms in total. The highest BCUT2D eigenvalue weighted by atomic mass is 35.5. The van der Waals surface area contributed by atoms with Gasteiger partial charge in [0.1, 0.15) is 0 Å². The Labute approximate surface area is 104 Å². The molecule has 1 aromatic heterocycles. The van der Waals surface area contributed by atoms with Crippen molar-refractivity contribution >= 4 is 23.2 Å². The molecule has 0 spiro atoms. The lowest BCUT2D eigenvalue weighted by Gasteiger charge is -2.03. The number of oxazole rings is 1. The van der Waals surface area contributed by atoms with Crippen LogP contribution in [0.2, 0.25) is 5.02 Å². The summed E-state index contributed by atoms with van der Waals surface area (Å²) in [4.78, 5) is 4.16. The van der Waals surface area contributed by atoms with E-state index in [1.807, 2.05) is 25.1 Å². The van der Waals surface area contributed by atoms with Gasteiger partial charge in [-0.25, -0.2) is 4.98 Å². The van der Waals surface area contributed by atoms with Gasteiger partial charge in [0.25, 0.3) is 0 Å². The Hall–Kier alpha value is -0.990. The Morgan fingerprint density at radius 1 is 1.38 bits per heavy atom. The molecule has 1 aromatic carbocycles. The minimum Gasteiger partial charge on any atom is -0.441 e. The van der Waals surface area contributed by atoms with Gasteiger partial charge >= 0.3 is 0 Å². The molecule has 4 heteroatoms. The molecule has 0 bridgehead atoms. The predicted octanol–water partition coefficient (Wildman–Crippen LogP) is 4.08. The molecule has 2 aromatic rings. The maximum absolute atomic E-state index is 6.05. The minimum atomic E-state index is 0.508. The second-order valence-electron chi connectivity index (χ2n) is 3.47. The lowest BCUT2D eigenvalue weighted by Crippen LogP contribution is -1.84. The van der Waals surface area contributed by atoms with Crippen molar-refractivity contribution in [1.29, 1.82) is 0 Å². The average Bonchev–Trinajstić information content (AvgIpc) is 2.71. The molecule has 0 atom stereocenters. The van der Waals surface area contributed by atoms with E-state index in [1.165, 1.54) is 0 Å². The zero-order valence-corrected chi connectivity index (χ0v) is 10.3. The molecule has 2 rings (SSSR count). The molecule has 0 unspecified atom stereocenters. The molecule has 0 N–H and O–H groups in total. The van der Waals surface area contributed by atoms with Gasteiger partial charge in [0.2, 0.25) is 0 Å². The molecule has 0 saturated carbocycles. The number of aryl methyl sites for hydroxylation is 1. The standard InChI is InChI=1S/C12H11Cl2NO/c1-8-9(3-2-4-10(8)14)11-7-15-12(16-11)5-6-13/h2-4,7H,5-6H2,1H3. The number of aromatic nitrogens is 1. The smallest absolute Gasteiger partial charge is 0.196 e. The third-order valence-corrected chi connectivity index (χ3v) is 2.99. The van der Waals surface area contributed by atoms with Crippen molar-refractivity contribution < 1.29 is 4.42 Å². The van der Waals surface area contributed by atoms with Gasteiger partial charge < -0.3 is 4.42 Å². The predicted molar refractivity (Wildman–Crippen MR) is 66.1 cm³/mol. The van der Waals surface area contributed by atoms with Crippen LogP contribution in [-0.4, -0.2) is 10.9 Å². The largest absolute Gasteiger partial charge is 0.441 e. The lowest BCUT2D eigenvalue weighted by atomic mass is 10.1. The summed E-state index contributed by atoms with van der Waals surface area (Å²) < 4.78 is 5.59. The van der Waals surface area contributed by atoms with Gasteiger partial charge in [0.15, 0.2) is 11.7 Å². The Bertz CT molecular complexity index is 494. The van der Waals surface area contributed by atoms with Crippen molar-refractivity contribution in [2.75, 3.05) is 5.88 Å². The van der Waals surface area contributed by atoms with E-state index < -0.39 is 0 Å². The summed E-state index contributed by atoms with van der Waals surface area (Å²) in [5.41, 5.74) is 1.97. The van der Waals surface area contributed by atoms with E-state index in [9.17, 15) is 0 Å². The van der Waals surface area contributed by atoms with E-state index in [0.29, 0.717) is 18.2 Å². The zero-order valence-electron chi connectivity index (χ0n) is 8.84. The fraction of sp³-hybridized carbons (Fsp3) is 0.250. The second-order valence-corrected chi connectivity index (χ2v) is 4.25. The van der Waals surface area contributed by atoms with Crippen LogP contribution in [0.5, 0.6) is 0 Å². The normalized spacial score (nSPS) is 10.7. The van der Waals surface area contributed by atoms with Crippen LogP contribution in [-0.2, 0) is 6.42 Å². The number of hydrogen-bond acceptors (Lipinski definition) is 2. The van der Waals surface area contributed by atoms with Gasteiger partial charge in [-0.3, -0.25) is 0 Å². The first-order valence-electron chi connectivity index (χ1n) is 4.98. The van der Waals surface area contributed by atoms with Crippen molar-refractivity contribution in [1.82, 2.24) is 4.98 Å². The molecule has 0 aliphatic rings. The van der Waals surface area contributed by atoms with Crippen LogP contribution >= 0.6 is 23.2 Å². The molecule has 84 valence electrons. The topological polar surface area (TPSA) is 26.0 Å². The van der Waals surface area contributed by atoms with Crippen molar-refractivity contribution in [2.24, 2.45) is 0 Å². The van der Waals surface area contributed by atoms with Crippen molar-refractivity contribution in [3.05, 3.63) is 40.9 Å². The molecule has 0 radical (unpaired) electrons. The Morgan fingerprint density at radius 2 is 2.19 bits per heavy atom. The fourth-order valence-corrected chi connectivity index (χ4v) is 1.84. The Kier molecular flexibility index (Phi) is 3.52. The highest BCUT2D eigenvalue weighted by molar-refractivity contribution is 6.31. The average molecular weight is 256 g/mol. The summed E-state index contributed by atoms with van der Waals surface area (Å²) in [5.74, 6) is 1.90. The van der Waals surface area contributed by atoms with E-state index in [2.05, 4.69) is 4.98 Å². The van der Waals surface area contributed by atoms with Crippen molar-refractivity contribution in [3.63, 3.8) is 0 Å². The van der Waals surface area contributed by atoms with E-state index >= 15 is 0 Å². The number of benzene rings is 1. The maximum atomic E-state index is 6.05. The Morgan fingerprint density at radius 3 is 2.94 bits per heavy atom. The monoisotopic (exact) mass is 255 g/mol. The SMILES string of the molecule is Cc1c(Cl)cccc1-c1cnc(CCCl)o1. The number of hydrogen-bond donors (Lipinski definition) is 0. The minimum absolute atomic E-state index is 0.508. The van der Waals surface area contributed by atoms with Crippen LogP contribution in [0, 0.1) is 6.92 Å². The van der Waals surface area contributed by atoms with E-state index in [-0.39, 0.29) is 0 Å². The van der Waals surface area contributed by atoms with Crippen molar-refractivity contribution in [3.8, 4) is 11.3 Å². The summed E-state index contributed by atoms with van der Waals surface area (Å²) in [6.07, 6.45) is 2.35. The van der Waals surface area contributed by atoms with Crippen LogP contribution in [0.25, 0.3) is 11.3 Å². The molecular formula is C12H11Cl2NO. The molecule has 1 heterocycles. The van der Waals surface area contributed by atoms with E-state index in [0.717, 1.165) is 21.9 Å². The molecule has 0 amide bonds. The van der Waals surface area contributed by atoms with Gasteiger partial charge in [-0.2, -0.15) is 0 Å². The van der Waals surface area contributed by atoms with Gasteiger partial charge in [0, 0.05) is 22.9 Å². The maximum Gasteiger partial charge on any atom is 0.196 e. The van der Waals surface area contributed by atoms with Crippen LogP contribution in [0.1, 0.15) is 11.5 Å². The second kappa shape index (κ2) is 4.89. The third-order valence-electron chi connectivity index (χ3n) is 2.40. The van der Waals surface area contributed by atoms with Crippen LogP contribution < -0.4 is 0 Å². The molecule has 0 aliphatic heterocycles. The summed E-state index contributed by atoms with van der Waals surface area (Å²) in [5, 5.41) is 0.729. The van der Waals surface area contributed by atoms with Crippen molar-refractivity contribution in [2.45, 2.75) is 13.3 Å². The van der Waals surface area contributed by atoms with Gasteiger partial charge in [-0.1, -0.05) is 23.7 Å². The lowest BCUT2D eigenvalue weighted by molar-refractivity contribution is 0.514. The zero-order chi connectivity index (χ0) is 11.5.